The van der Waals surface area contributed by atoms with Gasteiger partial charge in [0.05, 0.1) is 17.3 Å². The zero-order chi connectivity index (χ0) is 15.1. The topological polar surface area (TPSA) is 84.3 Å². The number of hydrogen-bond acceptors (Lipinski definition) is 4. The summed E-state index contributed by atoms with van der Waals surface area (Å²) in [6.07, 6.45) is 1.65. The third-order valence-corrected chi connectivity index (χ3v) is 4.10. The van der Waals surface area contributed by atoms with Gasteiger partial charge in [-0.05, 0) is 20.8 Å². The minimum absolute atomic E-state index is 0.0397. The van der Waals surface area contributed by atoms with Crippen LogP contribution in [-0.4, -0.2) is 47.5 Å². The molecule has 0 radical (unpaired) electrons. The molecule has 0 unspecified atom stereocenters. The Labute approximate surface area is 117 Å². The standard InChI is InChI=1S/C11H17FN4O3S/c1-7(2)16-6-10(8(3)14-16)11(17)13-9-4-15(5-9)20(12,18)19/h6-7,9H,4-5H2,1-3H3,(H,13,17). The fourth-order valence-electron chi connectivity index (χ4n) is 1.94. The molecule has 0 saturated carbocycles. The first kappa shape index (κ1) is 14.9. The van der Waals surface area contributed by atoms with Crippen molar-refractivity contribution < 1.29 is 17.1 Å². The maximum Gasteiger partial charge on any atom is 0.374 e. The third kappa shape index (κ3) is 2.98. The number of carbonyl (C=O) groups excluding carboxylic acids is 1. The molecular weight excluding hydrogens is 287 g/mol. The van der Waals surface area contributed by atoms with E-state index in [-0.39, 0.29) is 31.1 Å². The molecule has 2 heterocycles. The summed E-state index contributed by atoms with van der Waals surface area (Å²) in [5.41, 5.74) is 1.05. The van der Waals surface area contributed by atoms with Crippen LogP contribution in [0.15, 0.2) is 6.20 Å². The van der Waals surface area contributed by atoms with Crippen molar-refractivity contribution in [3.05, 3.63) is 17.5 Å². The second-order valence-electron chi connectivity index (χ2n) is 5.13. The van der Waals surface area contributed by atoms with Gasteiger partial charge in [-0.1, -0.05) is 3.89 Å². The molecule has 2 rings (SSSR count). The van der Waals surface area contributed by atoms with E-state index < -0.39 is 10.4 Å². The van der Waals surface area contributed by atoms with Gasteiger partial charge in [-0.3, -0.25) is 9.48 Å². The molecule has 0 aromatic carbocycles. The maximum atomic E-state index is 12.6. The molecule has 1 saturated heterocycles. The highest BCUT2D eigenvalue weighted by Crippen LogP contribution is 2.16. The van der Waals surface area contributed by atoms with E-state index in [0.29, 0.717) is 15.6 Å². The molecule has 1 N–H and O–H groups in total. The lowest BCUT2D eigenvalue weighted by atomic mass is 10.1. The highest BCUT2D eigenvalue weighted by atomic mass is 32.3. The average Bonchev–Trinajstić information content (AvgIpc) is 2.63. The highest BCUT2D eigenvalue weighted by Gasteiger charge is 2.37. The minimum Gasteiger partial charge on any atom is -0.347 e. The molecule has 20 heavy (non-hydrogen) atoms. The van der Waals surface area contributed by atoms with E-state index in [1.54, 1.807) is 17.8 Å². The molecule has 0 aliphatic carbocycles. The first-order chi connectivity index (χ1) is 9.18. The number of carbonyl (C=O) groups is 1. The van der Waals surface area contributed by atoms with Crippen LogP contribution in [0.3, 0.4) is 0 Å². The lowest BCUT2D eigenvalue weighted by Crippen LogP contribution is -2.60. The predicted octanol–water partition coefficient (Wildman–Crippen LogP) is 0.401. The van der Waals surface area contributed by atoms with Crippen molar-refractivity contribution in [3.63, 3.8) is 0 Å². The van der Waals surface area contributed by atoms with Crippen molar-refractivity contribution in [1.29, 1.82) is 0 Å². The Hall–Kier alpha value is -1.48. The van der Waals surface area contributed by atoms with Gasteiger partial charge >= 0.3 is 10.4 Å². The van der Waals surface area contributed by atoms with Gasteiger partial charge < -0.3 is 5.32 Å². The number of nitrogens with zero attached hydrogens (tertiary/aromatic N) is 3. The van der Waals surface area contributed by atoms with Crippen molar-refractivity contribution in [2.24, 2.45) is 0 Å². The quantitative estimate of drug-likeness (QED) is 0.816. The molecule has 1 fully saturated rings. The minimum atomic E-state index is -4.65. The Bertz CT molecular complexity index is 620. The molecule has 1 aliphatic heterocycles. The van der Waals surface area contributed by atoms with Crippen molar-refractivity contribution in [1.82, 2.24) is 19.4 Å². The zero-order valence-corrected chi connectivity index (χ0v) is 12.3. The van der Waals surface area contributed by atoms with Crippen LogP contribution in [0.2, 0.25) is 0 Å². The number of hydrogen-bond donors (Lipinski definition) is 1. The smallest absolute Gasteiger partial charge is 0.347 e. The SMILES string of the molecule is Cc1nn(C(C)C)cc1C(=O)NC1CN(S(=O)(=O)F)C1. The second-order valence-corrected chi connectivity index (χ2v) is 6.47. The molecule has 9 heteroatoms. The van der Waals surface area contributed by atoms with Crippen molar-refractivity contribution in [2.75, 3.05) is 13.1 Å². The van der Waals surface area contributed by atoms with Crippen LogP contribution in [0, 0.1) is 6.92 Å². The van der Waals surface area contributed by atoms with Crippen LogP contribution < -0.4 is 5.32 Å². The summed E-state index contributed by atoms with van der Waals surface area (Å²) in [6.45, 7) is 5.55. The number of rotatable bonds is 4. The summed E-state index contributed by atoms with van der Waals surface area (Å²) in [5.74, 6) is -0.324. The lowest BCUT2D eigenvalue weighted by molar-refractivity contribution is 0.0892. The van der Waals surface area contributed by atoms with E-state index in [2.05, 4.69) is 10.4 Å². The molecule has 1 aromatic rings. The number of aryl methyl sites for hydroxylation is 1. The predicted molar refractivity (Wildman–Crippen MR) is 70.2 cm³/mol. The Kier molecular flexibility index (Phi) is 3.83. The summed E-state index contributed by atoms with van der Waals surface area (Å²) >= 11 is 0. The normalized spacial score (nSPS) is 17.2. The van der Waals surface area contributed by atoms with Gasteiger partial charge in [-0.15, -0.1) is 0 Å². The monoisotopic (exact) mass is 304 g/mol. The fraction of sp³-hybridized carbons (Fsp3) is 0.636. The van der Waals surface area contributed by atoms with Crippen molar-refractivity contribution in [2.45, 2.75) is 32.9 Å². The molecule has 1 aliphatic rings. The maximum absolute atomic E-state index is 12.6. The van der Waals surface area contributed by atoms with Gasteiger partial charge in [0.25, 0.3) is 5.91 Å². The largest absolute Gasteiger partial charge is 0.374 e. The Balaban J connectivity index is 1.97. The summed E-state index contributed by atoms with van der Waals surface area (Å²) in [5, 5.41) is 6.89. The summed E-state index contributed by atoms with van der Waals surface area (Å²) in [7, 11) is -4.65. The van der Waals surface area contributed by atoms with Crippen LogP contribution in [0.25, 0.3) is 0 Å². The van der Waals surface area contributed by atoms with E-state index in [1.807, 2.05) is 13.8 Å². The lowest BCUT2D eigenvalue weighted by Gasteiger charge is -2.35. The average molecular weight is 304 g/mol. The first-order valence-electron chi connectivity index (χ1n) is 6.25. The number of amides is 1. The van der Waals surface area contributed by atoms with Crippen LogP contribution >= 0.6 is 0 Å². The number of nitrogens with one attached hydrogen (secondary N) is 1. The van der Waals surface area contributed by atoms with Crippen LogP contribution in [-0.2, 0) is 10.4 Å². The molecule has 1 amide bonds. The molecule has 1 aromatic heterocycles. The van der Waals surface area contributed by atoms with E-state index in [1.165, 1.54) is 0 Å². The highest BCUT2D eigenvalue weighted by molar-refractivity contribution is 7.84. The molecule has 0 spiro atoms. The van der Waals surface area contributed by atoms with Gasteiger partial charge in [0.15, 0.2) is 0 Å². The van der Waals surface area contributed by atoms with Gasteiger partial charge in [0.2, 0.25) is 0 Å². The van der Waals surface area contributed by atoms with E-state index in [4.69, 9.17) is 0 Å². The second kappa shape index (κ2) is 5.13. The van der Waals surface area contributed by atoms with Gasteiger partial charge in [-0.2, -0.15) is 17.8 Å². The van der Waals surface area contributed by atoms with Gasteiger partial charge in [0, 0.05) is 25.3 Å². The van der Waals surface area contributed by atoms with Gasteiger partial charge in [0.1, 0.15) is 0 Å². The molecular formula is C11H17FN4O3S. The number of aromatic nitrogens is 2. The summed E-state index contributed by atoms with van der Waals surface area (Å²) in [4.78, 5) is 12.0. The Morgan fingerprint density at radius 2 is 2.10 bits per heavy atom. The molecule has 0 atom stereocenters. The molecule has 7 nitrogen and oxygen atoms in total. The third-order valence-electron chi connectivity index (χ3n) is 3.18. The zero-order valence-electron chi connectivity index (χ0n) is 11.5. The van der Waals surface area contributed by atoms with Crippen molar-refractivity contribution in [3.8, 4) is 0 Å². The Morgan fingerprint density at radius 1 is 1.50 bits per heavy atom. The number of halogens is 1. The van der Waals surface area contributed by atoms with E-state index in [9.17, 15) is 17.1 Å². The van der Waals surface area contributed by atoms with Gasteiger partial charge in [-0.25, -0.2) is 0 Å². The first-order valence-corrected chi connectivity index (χ1v) is 7.59. The molecule has 0 bridgehead atoms. The molecule has 112 valence electrons. The van der Waals surface area contributed by atoms with Crippen LogP contribution in [0.4, 0.5) is 3.89 Å². The summed E-state index contributed by atoms with van der Waals surface area (Å²) < 4.78 is 36.1. The fourth-order valence-corrected chi connectivity index (χ4v) is 2.66. The Morgan fingerprint density at radius 3 is 2.55 bits per heavy atom. The summed E-state index contributed by atoms with van der Waals surface area (Å²) in [6, 6.07) is -0.221. The van der Waals surface area contributed by atoms with Crippen LogP contribution in [0.5, 0.6) is 0 Å². The van der Waals surface area contributed by atoms with Crippen molar-refractivity contribution >= 4 is 16.3 Å². The van der Waals surface area contributed by atoms with E-state index in [0.717, 1.165) is 0 Å². The van der Waals surface area contributed by atoms with Crippen LogP contribution in [0.1, 0.15) is 35.9 Å². The van der Waals surface area contributed by atoms with E-state index >= 15 is 0 Å².